The van der Waals surface area contributed by atoms with Crippen molar-refractivity contribution in [3.63, 3.8) is 0 Å². The maximum atomic E-state index is 11.6. The molecular weight excluding hydrogens is 672 g/mol. The van der Waals surface area contributed by atoms with Crippen molar-refractivity contribution in [3.05, 3.63) is 119 Å². The highest BCUT2D eigenvalue weighted by Gasteiger charge is 2.52. The minimum absolute atomic E-state index is 0.0865. The van der Waals surface area contributed by atoms with Crippen LogP contribution < -0.4 is 21.3 Å². The molecule has 2 heterocycles. The molecule has 14 heteroatoms. The van der Waals surface area contributed by atoms with Crippen molar-refractivity contribution >= 4 is 34.7 Å². The third-order valence-electron chi connectivity index (χ3n) is 7.54. The zero-order valence-electron chi connectivity index (χ0n) is 29.6. The van der Waals surface area contributed by atoms with Gasteiger partial charge in [0, 0.05) is 50.8 Å². The summed E-state index contributed by atoms with van der Waals surface area (Å²) in [6, 6.07) is 31.4. The minimum atomic E-state index is -1.20. The Labute approximate surface area is 302 Å². The highest BCUT2D eigenvalue weighted by Crippen LogP contribution is 2.33. The molecule has 0 radical (unpaired) electrons. The third kappa shape index (κ3) is 12.9. The summed E-state index contributed by atoms with van der Waals surface area (Å²) in [6.45, 7) is 4.71. The first-order valence-electron chi connectivity index (χ1n) is 16.6. The molecule has 4 N–H and O–H groups in total. The summed E-state index contributed by atoms with van der Waals surface area (Å²) in [4.78, 5) is 42.1. The van der Waals surface area contributed by atoms with Crippen LogP contribution >= 0.6 is 0 Å². The molecule has 0 unspecified atom stereocenters. The molecule has 52 heavy (non-hydrogen) atoms. The van der Waals surface area contributed by atoms with Gasteiger partial charge in [0.15, 0.2) is 0 Å². The van der Waals surface area contributed by atoms with Crippen molar-refractivity contribution in [2.24, 2.45) is 0 Å². The summed E-state index contributed by atoms with van der Waals surface area (Å²) in [6.07, 6.45) is -0.112. The molecule has 2 amide bonds. The van der Waals surface area contributed by atoms with Crippen LogP contribution in [0.15, 0.2) is 97.1 Å². The number of benzene rings is 4. The van der Waals surface area contributed by atoms with Crippen LogP contribution in [0.3, 0.4) is 0 Å². The number of hydrogen-bond donors (Lipinski definition) is 4. The van der Waals surface area contributed by atoms with Gasteiger partial charge in [-0.2, -0.15) is 9.78 Å². The number of methoxy groups -OCH3 is 2. The van der Waals surface area contributed by atoms with E-state index >= 15 is 0 Å². The molecule has 2 fully saturated rings. The van der Waals surface area contributed by atoms with Crippen molar-refractivity contribution in [2.45, 2.75) is 38.7 Å². The van der Waals surface area contributed by atoms with Gasteiger partial charge in [-0.25, -0.2) is 4.79 Å². The predicted molar refractivity (Wildman–Crippen MR) is 193 cm³/mol. The lowest BCUT2D eigenvalue weighted by atomic mass is 10.0. The van der Waals surface area contributed by atoms with Crippen LogP contribution in [0.1, 0.15) is 36.1 Å². The molecule has 0 atom stereocenters. The summed E-state index contributed by atoms with van der Waals surface area (Å²) in [7, 11) is 3.16. The van der Waals surface area contributed by atoms with Crippen LogP contribution in [0, 0.1) is 0 Å². The number of amides is 2. The second-order valence-electron chi connectivity index (χ2n) is 12.0. The molecular formula is C38H44N4O10. The first kappa shape index (κ1) is 38.2. The fourth-order valence-electron chi connectivity index (χ4n) is 4.84. The van der Waals surface area contributed by atoms with Gasteiger partial charge in [-0.05, 0) is 83.6 Å². The molecule has 2 aliphatic heterocycles. The van der Waals surface area contributed by atoms with E-state index in [1.807, 2.05) is 91.9 Å². The Balaban J connectivity index is 0.000000202. The SMILES string of the molecule is COCCOC(=O)Nc1ccc(Cc2ccc(NC(C)=O)cc2)cc1.COCCOC1(Nc2ccc(Cc3ccc(NC4(C)OO4)cc3)cc2)OO1. The van der Waals surface area contributed by atoms with E-state index in [2.05, 4.69) is 33.4 Å². The quantitative estimate of drug-likeness (QED) is 0.0411. The van der Waals surface area contributed by atoms with E-state index < -0.39 is 18.1 Å². The Kier molecular flexibility index (Phi) is 13.5. The molecule has 0 aromatic heterocycles. The fraction of sp³-hybridized carbons (Fsp3) is 0.316. The zero-order chi connectivity index (χ0) is 36.8. The van der Waals surface area contributed by atoms with Gasteiger partial charge in [0.1, 0.15) is 6.61 Å². The largest absolute Gasteiger partial charge is 0.447 e. The van der Waals surface area contributed by atoms with Crippen LogP contribution in [0.5, 0.6) is 0 Å². The summed E-state index contributed by atoms with van der Waals surface area (Å²) in [5.74, 6) is -0.777. The Bertz CT molecular complexity index is 1710. The number of hydrogen-bond acceptors (Lipinski definition) is 12. The fourth-order valence-corrected chi connectivity index (χ4v) is 4.84. The van der Waals surface area contributed by atoms with Crippen molar-refractivity contribution < 1.29 is 48.1 Å². The normalized spacial score (nSPS) is 14.6. The van der Waals surface area contributed by atoms with Crippen LogP contribution in [0.4, 0.5) is 27.5 Å². The zero-order valence-corrected chi connectivity index (χ0v) is 29.6. The number of carbonyl (C=O) groups is 2. The Morgan fingerprint density at radius 3 is 1.40 bits per heavy atom. The van der Waals surface area contributed by atoms with Crippen LogP contribution in [0.25, 0.3) is 0 Å². The maximum absolute atomic E-state index is 11.6. The Morgan fingerprint density at radius 2 is 0.981 bits per heavy atom. The van der Waals surface area contributed by atoms with Gasteiger partial charge in [0.25, 0.3) is 0 Å². The van der Waals surface area contributed by atoms with E-state index in [1.54, 1.807) is 14.2 Å². The van der Waals surface area contributed by atoms with E-state index in [0.29, 0.717) is 25.5 Å². The highest BCUT2D eigenvalue weighted by atomic mass is 17.5. The predicted octanol–water partition coefficient (Wildman–Crippen LogP) is 6.40. The summed E-state index contributed by atoms with van der Waals surface area (Å²) >= 11 is 0. The van der Waals surface area contributed by atoms with Gasteiger partial charge in [-0.15, -0.1) is 9.78 Å². The van der Waals surface area contributed by atoms with Gasteiger partial charge < -0.3 is 34.9 Å². The van der Waals surface area contributed by atoms with E-state index in [9.17, 15) is 9.59 Å². The number of nitrogens with one attached hydrogen (secondary N) is 4. The number of anilines is 4. The van der Waals surface area contributed by atoms with Crippen molar-refractivity contribution in [1.82, 2.24) is 0 Å². The average Bonchev–Trinajstić information content (AvgIpc) is 4.07. The second kappa shape index (κ2) is 18.4. The summed E-state index contributed by atoms with van der Waals surface area (Å²) < 4.78 is 20.2. The van der Waals surface area contributed by atoms with E-state index in [1.165, 1.54) is 18.1 Å². The Hall–Kier alpha value is -5.06. The van der Waals surface area contributed by atoms with E-state index in [4.69, 9.17) is 38.5 Å². The molecule has 276 valence electrons. The molecule has 14 nitrogen and oxygen atoms in total. The standard InChI is InChI=1S/C19H22N2O6.C19H22N2O4/c1-18(24-25-18)20-16-7-3-14(4-8-16)13-15-5-9-17(10-6-15)21-19(26-27-19)23-12-11-22-2;1-14(22)20-17-7-3-15(4-8-17)13-16-5-9-18(10-6-16)21-19(23)25-12-11-24-2/h3-10,20-21H,11-13H2,1-2H3;3-10H,11-13H2,1-2H3,(H,20,22)(H,21,23). The summed E-state index contributed by atoms with van der Waals surface area (Å²) in [5.41, 5.74) is 7.88. The van der Waals surface area contributed by atoms with E-state index in [0.717, 1.165) is 41.0 Å². The lowest BCUT2D eigenvalue weighted by molar-refractivity contribution is -0.114. The maximum Gasteiger partial charge on any atom is 0.428 e. The van der Waals surface area contributed by atoms with Gasteiger partial charge in [0.2, 0.25) is 5.91 Å². The second-order valence-corrected chi connectivity index (χ2v) is 12.0. The molecule has 0 spiro atoms. The third-order valence-corrected chi connectivity index (χ3v) is 7.54. The molecule has 2 saturated heterocycles. The van der Waals surface area contributed by atoms with Crippen LogP contribution in [-0.2, 0) is 56.1 Å². The van der Waals surface area contributed by atoms with Crippen LogP contribution in [-0.4, -0.2) is 64.7 Å². The Morgan fingerprint density at radius 1 is 0.558 bits per heavy atom. The number of carbonyl (C=O) groups excluding carboxylic acids is 2. The van der Waals surface area contributed by atoms with Crippen LogP contribution in [0.2, 0.25) is 0 Å². The molecule has 0 bridgehead atoms. The monoisotopic (exact) mass is 716 g/mol. The molecule has 0 saturated carbocycles. The highest BCUT2D eigenvalue weighted by molar-refractivity contribution is 5.88. The molecule has 4 aromatic carbocycles. The van der Waals surface area contributed by atoms with Gasteiger partial charge in [-0.1, -0.05) is 48.5 Å². The molecule has 2 aliphatic rings. The van der Waals surface area contributed by atoms with E-state index in [-0.39, 0.29) is 12.5 Å². The first-order valence-corrected chi connectivity index (χ1v) is 16.6. The average molecular weight is 717 g/mol. The topological polar surface area (TPSA) is 169 Å². The first-order chi connectivity index (χ1) is 25.1. The smallest absolute Gasteiger partial charge is 0.428 e. The van der Waals surface area contributed by atoms with Crippen molar-refractivity contribution in [3.8, 4) is 0 Å². The van der Waals surface area contributed by atoms with Gasteiger partial charge >= 0.3 is 18.1 Å². The molecule has 0 aliphatic carbocycles. The molecule has 6 rings (SSSR count). The van der Waals surface area contributed by atoms with Crippen molar-refractivity contribution in [2.75, 3.05) is 61.9 Å². The number of rotatable bonds is 17. The lowest BCUT2D eigenvalue weighted by Crippen LogP contribution is -2.28. The molecule has 4 aromatic rings. The van der Waals surface area contributed by atoms with Gasteiger partial charge in [-0.3, -0.25) is 10.1 Å². The summed E-state index contributed by atoms with van der Waals surface area (Å²) in [5, 5.41) is 11.6. The van der Waals surface area contributed by atoms with Crippen molar-refractivity contribution in [1.29, 1.82) is 0 Å². The minimum Gasteiger partial charge on any atom is -0.447 e. The van der Waals surface area contributed by atoms with Gasteiger partial charge in [0.05, 0.1) is 19.8 Å². The number of ether oxygens (including phenoxy) is 4. The lowest BCUT2D eigenvalue weighted by Gasteiger charge is -2.12.